The molecule has 0 saturated carbocycles. The van der Waals surface area contributed by atoms with E-state index in [0.717, 1.165) is 11.1 Å². The summed E-state index contributed by atoms with van der Waals surface area (Å²) < 4.78 is 0. The molecule has 34 heavy (non-hydrogen) atoms. The van der Waals surface area contributed by atoms with E-state index in [-0.39, 0.29) is 42.8 Å². The minimum atomic E-state index is -0.922. The number of amides is 2. The number of hydrogen-bond acceptors (Lipinski definition) is 5. The summed E-state index contributed by atoms with van der Waals surface area (Å²) in [6, 6.07) is 18.6. The van der Waals surface area contributed by atoms with Gasteiger partial charge in [-0.1, -0.05) is 60.7 Å². The predicted octanol–water partition coefficient (Wildman–Crippen LogP) is 1.72. The van der Waals surface area contributed by atoms with Gasteiger partial charge in [-0.05, 0) is 37.8 Å². The van der Waals surface area contributed by atoms with Crippen LogP contribution in [0.15, 0.2) is 60.7 Å². The van der Waals surface area contributed by atoms with Gasteiger partial charge in [0, 0.05) is 43.7 Å². The summed E-state index contributed by atoms with van der Waals surface area (Å²) in [5.74, 6) is -0.122. The Labute approximate surface area is 202 Å². The third-order valence-corrected chi connectivity index (χ3v) is 6.53. The molecule has 0 aromatic heterocycles. The molecule has 2 aromatic carbocycles. The number of nitrogens with zero attached hydrogens (tertiary/aromatic N) is 2. The molecule has 2 aromatic rings. The lowest BCUT2D eigenvalue weighted by Gasteiger charge is -2.45. The molecule has 5 unspecified atom stereocenters. The van der Waals surface area contributed by atoms with Gasteiger partial charge in [0.05, 0.1) is 12.5 Å². The van der Waals surface area contributed by atoms with Crippen molar-refractivity contribution < 1.29 is 14.7 Å². The molecule has 0 bridgehead atoms. The zero-order chi connectivity index (χ0) is 24.7. The Bertz CT molecular complexity index is 912. The van der Waals surface area contributed by atoms with E-state index in [4.69, 9.17) is 11.5 Å². The average Bonchev–Trinajstić information content (AvgIpc) is 2.79. The fourth-order valence-corrected chi connectivity index (χ4v) is 4.82. The number of carbonyl (C=O) groups excluding carboxylic acids is 2. The van der Waals surface area contributed by atoms with Crippen LogP contribution in [0, 0.1) is 0 Å². The van der Waals surface area contributed by atoms with Crippen molar-refractivity contribution in [3.05, 3.63) is 71.8 Å². The number of aliphatic hydroxyl groups is 1. The summed E-state index contributed by atoms with van der Waals surface area (Å²) in [6.45, 7) is 4.77. The molecule has 0 spiro atoms. The Kier molecular flexibility index (Phi) is 9.21. The van der Waals surface area contributed by atoms with Crippen LogP contribution in [0.4, 0.5) is 0 Å². The smallest absolute Gasteiger partial charge is 0.225 e. The van der Waals surface area contributed by atoms with Crippen molar-refractivity contribution in [3.63, 3.8) is 0 Å². The van der Waals surface area contributed by atoms with Gasteiger partial charge in [0.15, 0.2) is 0 Å². The Morgan fingerprint density at radius 3 is 1.88 bits per heavy atom. The lowest BCUT2D eigenvalue weighted by atomic mass is 9.98. The van der Waals surface area contributed by atoms with Gasteiger partial charge in [-0.15, -0.1) is 0 Å². The van der Waals surface area contributed by atoms with Crippen molar-refractivity contribution in [3.8, 4) is 0 Å². The Balaban J connectivity index is 1.50. The SMILES string of the molecule is CC1CN(C(=O)CC(O)C(N)Cc2ccccc2)CC(C)N1C(=O)CC(N)Cc1ccccc1. The van der Waals surface area contributed by atoms with Gasteiger partial charge in [0.1, 0.15) is 0 Å². The Morgan fingerprint density at radius 2 is 1.35 bits per heavy atom. The molecule has 1 heterocycles. The average molecular weight is 467 g/mol. The zero-order valence-electron chi connectivity index (χ0n) is 20.2. The van der Waals surface area contributed by atoms with Crippen LogP contribution in [0.5, 0.6) is 0 Å². The highest BCUT2D eigenvalue weighted by atomic mass is 16.3. The topological polar surface area (TPSA) is 113 Å². The summed E-state index contributed by atoms with van der Waals surface area (Å²) in [5, 5.41) is 10.5. The summed E-state index contributed by atoms with van der Waals surface area (Å²) in [5.41, 5.74) is 14.6. The van der Waals surface area contributed by atoms with Crippen molar-refractivity contribution in [2.75, 3.05) is 13.1 Å². The van der Waals surface area contributed by atoms with Crippen LogP contribution in [0.25, 0.3) is 0 Å². The molecule has 1 fully saturated rings. The van der Waals surface area contributed by atoms with E-state index in [2.05, 4.69) is 0 Å². The first kappa shape index (κ1) is 25.9. The fourth-order valence-electron chi connectivity index (χ4n) is 4.82. The zero-order valence-corrected chi connectivity index (χ0v) is 20.2. The number of benzene rings is 2. The Morgan fingerprint density at radius 1 is 0.853 bits per heavy atom. The third kappa shape index (κ3) is 7.13. The van der Waals surface area contributed by atoms with Gasteiger partial charge < -0.3 is 26.4 Å². The number of piperazine rings is 1. The maximum atomic E-state index is 13.0. The fraction of sp³-hybridized carbons (Fsp3) is 0.481. The van der Waals surface area contributed by atoms with E-state index < -0.39 is 12.1 Å². The summed E-state index contributed by atoms with van der Waals surface area (Å²) in [4.78, 5) is 29.5. The summed E-state index contributed by atoms with van der Waals surface area (Å²) in [6.07, 6.45) is 0.477. The lowest BCUT2D eigenvalue weighted by molar-refractivity contribution is -0.147. The Hall–Kier alpha value is -2.74. The molecule has 184 valence electrons. The second-order valence-corrected chi connectivity index (χ2v) is 9.58. The van der Waals surface area contributed by atoms with E-state index >= 15 is 0 Å². The van der Waals surface area contributed by atoms with E-state index in [9.17, 15) is 14.7 Å². The van der Waals surface area contributed by atoms with Crippen LogP contribution < -0.4 is 11.5 Å². The van der Waals surface area contributed by atoms with Gasteiger partial charge in [0.25, 0.3) is 0 Å². The van der Waals surface area contributed by atoms with Crippen LogP contribution in [0.3, 0.4) is 0 Å². The van der Waals surface area contributed by atoms with Crippen molar-refractivity contribution in [2.45, 2.75) is 69.8 Å². The number of aliphatic hydroxyl groups excluding tert-OH is 1. The molecule has 1 saturated heterocycles. The molecule has 0 radical (unpaired) electrons. The van der Waals surface area contributed by atoms with Gasteiger partial charge in [0.2, 0.25) is 11.8 Å². The molecule has 7 nitrogen and oxygen atoms in total. The van der Waals surface area contributed by atoms with Crippen molar-refractivity contribution >= 4 is 11.8 Å². The molecule has 1 aliphatic heterocycles. The normalized spacial score (nSPS) is 21.1. The maximum Gasteiger partial charge on any atom is 0.225 e. The van der Waals surface area contributed by atoms with E-state index in [1.807, 2.05) is 79.4 Å². The van der Waals surface area contributed by atoms with E-state index in [1.54, 1.807) is 4.90 Å². The van der Waals surface area contributed by atoms with Gasteiger partial charge >= 0.3 is 0 Å². The first-order valence-corrected chi connectivity index (χ1v) is 12.1. The van der Waals surface area contributed by atoms with Crippen LogP contribution in [-0.4, -0.2) is 70.1 Å². The van der Waals surface area contributed by atoms with Crippen LogP contribution in [0.2, 0.25) is 0 Å². The molecule has 5 N–H and O–H groups in total. The van der Waals surface area contributed by atoms with Crippen molar-refractivity contribution in [1.29, 1.82) is 0 Å². The van der Waals surface area contributed by atoms with Crippen LogP contribution in [0.1, 0.15) is 37.8 Å². The van der Waals surface area contributed by atoms with Crippen LogP contribution >= 0.6 is 0 Å². The molecular formula is C27H38N4O3. The van der Waals surface area contributed by atoms with E-state index in [1.165, 1.54) is 0 Å². The lowest BCUT2D eigenvalue weighted by Crippen LogP contribution is -2.60. The second kappa shape index (κ2) is 12.1. The first-order valence-electron chi connectivity index (χ1n) is 12.1. The number of carbonyl (C=O) groups is 2. The monoisotopic (exact) mass is 466 g/mol. The minimum Gasteiger partial charge on any atom is -0.391 e. The molecule has 0 aliphatic carbocycles. The quantitative estimate of drug-likeness (QED) is 0.521. The minimum absolute atomic E-state index is 0.0143. The van der Waals surface area contributed by atoms with E-state index in [0.29, 0.717) is 25.9 Å². The predicted molar refractivity (Wildman–Crippen MR) is 134 cm³/mol. The van der Waals surface area contributed by atoms with Gasteiger partial charge in [-0.2, -0.15) is 0 Å². The highest BCUT2D eigenvalue weighted by Gasteiger charge is 2.35. The molecule has 5 atom stereocenters. The maximum absolute atomic E-state index is 13.0. The highest BCUT2D eigenvalue weighted by Crippen LogP contribution is 2.20. The molecule has 1 aliphatic rings. The largest absolute Gasteiger partial charge is 0.391 e. The highest BCUT2D eigenvalue weighted by molar-refractivity contribution is 5.80. The molecule has 3 rings (SSSR count). The van der Waals surface area contributed by atoms with Crippen molar-refractivity contribution in [2.24, 2.45) is 11.5 Å². The van der Waals surface area contributed by atoms with Crippen LogP contribution in [-0.2, 0) is 22.4 Å². The molecule has 2 amide bonds. The molecule has 7 heteroatoms. The number of rotatable bonds is 9. The van der Waals surface area contributed by atoms with Gasteiger partial charge in [-0.3, -0.25) is 9.59 Å². The number of nitrogens with two attached hydrogens (primary N) is 2. The summed E-state index contributed by atoms with van der Waals surface area (Å²) >= 11 is 0. The third-order valence-electron chi connectivity index (χ3n) is 6.53. The second-order valence-electron chi connectivity index (χ2n) is 9.58. The standard InChI is InChI=1S/C27H38N4O3/c1-19-17-30(26(33)16-25(32)24(29)14-22-11-7-4-8-12-22)18-20(2)31(19)27(34)15-23(28)13-21-9-5-3-6-10-21/h3-12,19-20,23-25,32H,13-18,28-29H2,1-2H3. The molecular weight excluding hydrogens is 428 g/mol. The first-order chi connectivity index (χ1) is 16.2. The number of hydrogen-bond donors (Lipinski definition) is 3. The van der Waals surface area contributed by atoms with Crippen molar-refractivity contribution in [1.82, 2.24) is 9.80 Å². The van der Waals surface area contributed by atoms with Gasteiger partial charge in [-0.25, -0.2) is 0 Å². The summed E-state index contributed by atoms with van der Waals surface area (Å²) in [7, 11) is 0.